The molecule has 0 aliphatic carbocycles. The van der Waals surface area contributed by atoms with Crippen LogP contribution in [0.4, 0.5) is 0 Å². The molecule has 0 rings (SSSR count). The molecule has 2 N–H and O–H groups in total. The van der Waals surface area contributed by atoms with Crippen molar-refractivity contribution in [1.82, 2.24) is 0 Å². The van der Waals surface area contributed by atoms with Gasteiger partial charge in [-0.15, -0.1) is 0 Å². The van der Waals surface area contributed by atoms with Gasteiger partial charge in [-0.1, -0.05) is 15.9 Å². The van der Waals surface area contributed by atoms with Gasteiger partial charge in [0, 0.05) is 10.1 Å². The highest BCUT2D eigenvalue weighted by Crippen LogP contribution is 2.02. The monoisotopic (exact) mass is 181 g/mol. The van der Waals surface area contributed by atoms with Crippen LogP contribution in [0, 0.1) is 5.92 Å². The van der Waals surface area contributed by atoms with Crippen LogP contribution in [0.5, 0.6) is 0 Å². The number of hydrogen-bond donors (Lipinski definition) is 0. The molecule has 0 bridgehead atoms. The zero-order valence-electron chi connectivity index (χ0n) is 4.78. The average Bonchev–Trinajstić information content (AvgIpc) is 1.67. The van der Waals surface area contributed by atoms with Gasteiger partial charge in [-0.05, 0) is 13.3 Å². The largest absolute Gasteiger partial charge is 0.565 e. The fraction of sp³-hybridized carbons (Fsp3) is 0.800. The number of carbonyl (C=O) groups excluding carboxylic acids is 1. The van der Waals surface area contributed by atoms with E-state index in [2.05, 4.69) is 15.9 Å². The highest BCUT2D eigenvalue weighted by atomic mass is 79.9. The number of alkyl halides is 1. The Balaban J connectivity index is 3.32. The summed E-state index contributed by atoms with van der Waals surface area (Å²) in [5, 5.41) is 7.43. The molecular formula is C5H10BrO2+. The van der Waals surface area contributed by atoms with E-state index in [1.807, 2.05) is 0 Å². The van der Waals surface area contributed by atoms with Crippen LogP contribution in [-0.2, 0) is 4.79 Å². The van der Waals surface area contributed by atoms with E-state index in [4.69, 9.17) is 5.11 Å². The molecule has 0 saturated carbocycles. The molecule has 2 nitrogen and oxygen atoms in total. The molecule has 0 aliphatic heterocycles. The van der Waals surface area contributed by atoms with Gasteiger partial charge in [0.25, 0.3) is 0 Å². The molecule has 0 heterocycles. The lowest BCUT2D eigenvalue weighted by molar-refractivity contribution is -0.141. The summed E-state index contributed by atoms with van der Waals surface area (Å²) in [4.78, 5) is 10.2. The standard InChI is InChI=1S/C5H9BrO2/c1-4(2-3-6)5(7)8/h4H,2-3H2,1H3,(H,7,8)/p+1. The maximum absolute atomic E-state index is 10.2. The van der Waals surface area contributed by atoms with E-state index >= 15 is 0 Å². The van der Waals surface area contributed by atoms with Gasteiger partial charge in [0.05, 0.1) is 0 Å². The van der Waals surface area contributed by atoms with Gasteiger partial charge in [0.15, 0.2) is 0 Å². The molecule has 0 aliphatic rings. The molecule has 48 valence electrons. The van der Waals surface area contributed by atoms with E-state index in [1.165, 1.54) is 0 Å². The Kier molecular flexibility index (Phi) is 3.87. The molecule has 0 fully saturated rings. The van der Waals surface area contributed by atoms with Crippen molar-refractivity contribution in [2.45, 2.75) is 13.3 Å². The summed E-state index contributed by atoms with van der Waals surface area (Å²) in [7, 11) is 0. The first-order chi connectivity index (χ1) is 3.68. The third-order valence-electron chi connectivity index (χ3n) is 0.990. The van der Waals surface area contributed by atoms with Crippen LogP contribution in [0.2, 0.25) is 0 Å². The van der Waals surface area contributed by atoms with E-state index < -0.39 is 5.97 Å². The summed E-state index contributed by atoms with van der Waals surface area (Å²) in [5.41, 5.74) is 0. The minimum atomic E-state index is -0.468. The lowest BCUT2D eigenvalue weighted by atomic mass is 10.1. The van der Waals surface area contributed by atoms with Crippen LogP contribution >= 0.6 is 15.9 Å². The Morgan fingerprint density at radius 2 is 2.38 bits per heavy atom. The molecule has 8 heavy (non-hydrogen) atoms. The second-order valence-electron chi connectivity index (χ2n) is 1.74. The fourth-order valence-electron chi connectivity index (χ4n) is 0.295. The van der Waals surface area contributed by atoms with Crippen molar-refractivity contribution >= 4 is 21.9 Å². The molecule has 0 amide bonds. The van der Waals surface area contributed by atoms with Crippen molar-refractivity contribution < 1.29 is 9.90 Å². The third kappa shape index (κ3) is 3.02. The lowest BCUT2D eigenvalue weighted by Crippen LogP contribution is -2.09. The van der Waals surface area contributed by atoms with Gasteiger partial charge in [0.1, 0.15) is 5.92 Å². The normalized spacial score (nSPS) is 13.2. The van der Waals surface area contributed by atoms with Crippen molar-refractivity contribution in [2.24, 2.45) is 5.92 Å². The number of halogens is 1. The maximum Gasteiger partial charge on any atom is 0.518 e. The Morgan fingerprint density at radius 1 is 1.88 bits per heavy atom. The smallest absolute Gasteiger partial charge is 0.518 e. The SMILES string of the molecule is CC(CCBr)C(=O)[OH2+]. The molecule has 0 aromatic carbocycles. The van der Waals surface area contributed by atoms with E-state index in [-0.39, 0.29) is 5.92 Å². The quantitative estimate of drug-likeness (QED) is 0.466. The first kappa shape index (κ1) is 7.95. The first-order valence-corrected chi connectivity index (χ1v) is 3.62. The summed E-state index contributed by atoms with van der Waals surface area (Å²) < 4.78 is 0. The molecule has 0 radical (unpaired) electrons. The highest BCUT2D eigenvalue weighted by Gasteiger charge is 2.16. The van der Waals surface area contributed by atoms with Crippen LogP contribution in [0.3, 0.4) is 0 Å². The predicted molar refractivity (Wildman–Crippen MR) is 36.2 cm³/mol. The summed E-state index contributed by atoms with van der Waals surface area (Å²) >= 11 is 3.18. The van der Waals surface area contributed by atoms with Crippen molar-refractivity contribution in [2.75, 3.05) is 5.33 Å². The Hall–Kier alpha value is -0.0500. The molecule has 0 aromatic rings. The number of rotatable bonds is 3. The summed E-state index contributed by atoms with van der Waals surface area (Å²) in [5.74, 6) is -0.571. The Bertz CT molecular complexity index is 82.5. The van der Waals surface area contributed by atoms with E-state index in [0.29, 0.717) is 0 Å². The van der Waals surface area contributed by atoms with Crippen LogP contribution < -0.4 is 0 Å². The van der Waals surface area contributed by atoms with Gasteiger partial charge < -0.3 is 5.11 Å². The zero-order valence-corrected chi connectivity index (χ0v) is 6.36. The van der Waals surface area contributed by atoms with Crippen LogP contribution in [-0.4, -0.2) is 16.4 Å². The second-order valence-corrected chi connectivity index (χ2v) is 2.54. The lowest BCUT2D eigenvalue weighted by Gasteiger charge is -1.93. The van der Waals surface area contributed by atoms with Crippen molar-refractivity contribution in [3.8, 4) is 0 Å². The topological polar surface area (TPSA) is 40.0 Å². The molecule has 3 heteroatoms. The van der Waals surface area contributed by atoms with Crippen LogP contribution in [0.15, 0.2) is 0 Å². The molecule has 0 aromatic heterocycles. The van der Waals surface area contributed by atoms with Crippen molar-refractivity contribution in [3.63, 3.8) is 0 Å². The molecule has 1 unspecified atom stereocenters. The fourth-order valence-corrected chi connectivity index (χ4v) is 0.982. The summed E-state index contributed by atoms with van der Waals surface area (Å²) in [6.45, 7) is 1.76. The predicted octanol–water partition coefficient (Wildman–Crippen LogP) is 0.659. The van der Waals surface area contributed by atoms with E-state index in [1.54, 1.807) is 6.92 Å². The minimum Gasteiger partial charge on any atom is -0.565 e. The van der Waals surface area contributed by atoms with E-state index in [0.717, 1.165) is 11.8 Å². The van der Waals surface area contributed by atoms with Crippen molar-refractivity contribution in [1.29, 1.82) is 0 Å². The van der Waals surface area contributed by atoms with Gasteiger partial charge in [-0.3, -0.25) is 0 Å². The average molecular weight is 182 g/mol. The molecular weight excluding hydrogens is 172 g/mol. The van der Waals surface area contributed by atoms with Gasteiger partial charge in [-0.2, -0.15) is 0 Å². The summed E-state index contributed by atoms with van der Waals surface area (Å²) in [6.07, 6.45) is 0.766. The van der Waals surface area contributed by atoms with Gasteiger partial charge in [0.2, 0.25) is 0 Å². The van der Waals surface area contributed by atoms with Gasteiger partial charge in [-0.25, -0.2) is 0 Å². The van der Waals surface area contributed by atoms with Crippen LogP contribution in [0.1, 0.15) is 13.3 Å². The molecule has 1 atom stereocenters. The minimum absolute atomic E-state index is 0.102. The maximum atomic E-state index is 10.2. The first-order valence-electron chi connectivity index (χ1n) is 2.50. The van der Waals surface area contributed by atoms with Gasteiger partial charge >= 0.3 is 5.97 Å². The summed E-state index contributed by atoms with van der Waals surface area (Å²) in [6, 6.07) is 0. The van der Waals surface area contributed by atoms with Crippen molar-refractivity contribution in [3.05, 3.63) is 0 Å². The molecule has 0 spiro atoms. The number of hydrogen-bond acceptors (Lipinski definition) is 1. The number of carbonyl (C=O) groups is 1. The second kappa shape index (κ2) is 3.89. The molecule has 0 saturated heterocycles. The Morgan fingerprint density at radius 3 is 2.50 bits per heavy atom. The highest BCUT2D eigenvalue weighted by molar-refractivity contribution is 9.09. The zero-order chi connectivity index (χ0) is 6.57. The Labute approximate surface area is 57.0 Å². The van der Waals surface area contributed by atoms with Crippen LogP contribution in [0.25, 0.3) is 0 Å². The van der Waals surface area contributed by atoms with E-state index in [9.17, 15) is 4.79 Å². The third-order valence-corrected chi connectivity index (χ3v) is 1.45.